The van der Waals surface area contributed by atoms with Gasteiger partial charge in [0.15, 0.2) is 0 Å². The zero-order chi connectivity index (χ0) is 18.5. The van der Waals surface area contributed by atoms with Crippen molar-refractivity contribution in [1.82, 2.24) is 20.1 Å². The minimum absolute atomic E-state index is 0.188. The van der Waals surface area contributed by atoms with Crippen LogP contribution in [0.1, 0.15) is 36.5 Å². The van der Waals surface area contributed by atoms with E-state index < -0.39 is 0 Å². The molecule has 0 radical (unpaired) electrons. The summed E-state index contributed by atoms with van der Waals surface area (Å²) in [6, 6.07) is 7.38. The Labute approximate surface area is 158 Å². The Morgan fingerprint density at radius 2 is 2.08 bits per heavy atom. The number of carbonyl (C=O) groups excluding carboxylic acids is 1. The lowest BCUT2D eigenvalue weighted by molar-refractivity contribution is 0.0376. The highest BCUT2D eigenvalue weighted by molar-refractivity contribution is 6.30. The van der Waals surface area contributed by atoms with Crippen LogP contribution < -0.4 is 10.2 Å². The number of hydrogen-bond acceptors (Lipinski definition) is 5. The molecule has 1 aliphatic heterocycles. The summed E-state index contributed by atoms with van der Waals surface area (Å²) in [6.07, 6.45) is 1.14. The molecular formula is C18H24ClN5O2. The molecule has 1 aromatic carbocycles. The highest BCUT2D eigenvalue weighted by Crippen LogP contribution is 2.18. The van der Waals surface area contributed by atoms with E-state index in [-0.39, 0.29) is 12.0 Å². The first-order valence-corrected chi connectivity index (χ1v) is 9.32. The summed E-state index contributed by atoms with van der Waals surface area (Å²) in [5.74, 6) is 0.822. The smallest absolute Gasteiger partial charge is 0.289 e. The highest BCUT2D eigenvalue weighted by Gasteiger charge is 2.26. The topological polar surface area (TPSA) is 72.3 Å². The number of hydrogen-bond donors (Lipinski definition) is 1. The van der Waals surface area contributed by atoms with Gasteiger partial charge in [0.25, 0.3) is 5.91 Å². The van der Waals surface area contributed by atoms with E-state index in [1.165, 1.54) is 0 Å². The Hall–Kier alpha value is -2.12. The molecule has 0 bridgehead atoms. The average molecular weight is 378 g/mol. The Kier molecular flexibility index (Phi) is 6.11. The number of anilines is 1. The second-order valence-corrected chi connectivity index (χ2v) is 6.66. The number of benzene rings is 1. The fraction of sp³-hybridized carbons (Fsp3) is 0.500. The van der Waals surface area contributed by atoms with Crippen LogP contribution in [0.15, 0.2) is 24.3 Å². The zero-order valence-electron chi connectivity index (χ0n) is 15.1. The van der Waals surface area contributed by atoms with Gasteiger partial charge in [-0.15, -0.1) is 10.2 Å². The number of nitrogens with one attached hydrogen (secondary N) is 1. The van der Waals surface area contributed by atoms with Gasteiger partial charge in [-0.25, -0.2) is 0 Å². The van der Waals surface area contributed by atoms with Crippen LogP contribution >= 0.6 is 11.6 Å². The molecule has 1 fully saturated rings. The van der Waals surface area contributed by atoms with Gasteiger partial charge < -0.3 is 15.0 Å². The molecule has 1 N–H and O–H groups in total. The second-order valence-electron chi connectivity index (χ2n) is 6.22. The molecule has 2 aromatic rings. The summed E-state index contributed by atoms with van der Waals surface area (Å²) >= 11 is 5.88. The molecule has 1 aromatic heterocycles. The number of halogens is 1. The van der Waals surface area contributed by atoms with Crippen molar-refractivity contribution in [3.63, 3.8) is 0 Å². The molecule has 1 atom stereocenters. The van der Waals surface area contributed by atoms with Crippen molar-refractivity contribution in [2.75, 3.05) is 24.6 Å². The van der Waals surface area contributed by atoms with Gasteiger partial charge in [0.1, 0.15) is 0 Å². The predicted molar refractivity (Wildman–Crippen MR) is 101 cm³/mol. The van der Waals surface area contributed by atoms with Gasteiger partial charge in [-0.1, -0.05) is 30.7 Å². The molecule has 3 rings (SSSR count). The molecule has 26 heavy (non-hydrogen) atoms. The molecule has 7 nitrogen and oxygen atoms in total. The lowest BCUT2D eigenvalue weighted by atomic mass is 10.2. The summed E-state index contributed by atoms with van der Waals surface area (Å²) < 4.78 is 7.57. The molecule has 140 valence electrons. The predicted octanol–water partition coefficient (Wildman–Crippen LogP) is 2.50. The number of amides is 1. The Balaban J connectivity index is 1.70. The second kappa shape index (κ2) is 8.51. The molecule has 2 heterocycles. The van der Waals surface area contributed by atoms with Crippen LogP contribution in [0.4, 0.5) is 5.95 Å². The van der Waals surface area contributed by atoms with Crippen LogP contribution in [0.2, 0.25) is 5.02 Å². The Morgan fingerprint density at radius 1 is 1.31 bits per heavy atom. The normalized spacial score (nSPS) is 17.3. The number of aromatic nitrogens is 3. The van der Waals surface area contributed by atoms with E-state index in [1.54, 1.807) is 12.1 Å². The summed E-state index contributed by atoms with van der Waals surface area (Å²) in [7, 11) is 0. The van der Waals surface area contributed by atoms with Gasteiger partial charge in [-0.2, -0.15) is 0 Å². The Morgan fingerprint density at radius 3 is 2.77 bits per heavy atom. The fourth-order valence-electron chi connectivity index (χ4n) is 3.00. The van der Waals surface area contributed by atoms with Crippen molar-refractivity contribution < 1.29 is 9.53 Å². The van der Waals surface area contributed by atoms with Gasteiger partial charge in [-0.3, -0.25) is 9.36 Å². The highest BCUT2D eigenvalue weighted by atomic mass is 35.5. The molecule has 1 saturated heterocycles. The molecule has 0 spiro atoms. The van der Waals surface area contributed by atoms with Gasteiger partial charge >= 0.3 is 0 Å². The quantitative estimate of drug-likeness (QED) is 0.837. The van der Waals surface area contributed by atoms with Crippen LogP contribution in [-0.4, -0.2) is 46.5 Å². The van der Waals surface area contributed by atoms with Crippen molar-refractivity contribution in [2.45, 2.75) is 39.5 Å². The summed E-state index contributed by atoms with van der Waals surface area (Å²) in [5.41, 5.74) is 0.976. The van der Waals surface area contributed by atoms with Gasteiger partial charge in [0.2, 0.25) is 11.8 Å². The van der Waals surface area contributed by atoms with Gasteiger partial charge in [0.05, 0.1) is 12.7 Å². The standard InChI is InChI=1S/C18H24ClN5O2/c1-3-15-12-23(9-10-26-15)18-22-21-16(24(18)4-2)17(25)20-11-13-5-7-14(19)8-6-13/h5-8,15H,3-4,9-12H2,1-2H3,(H,20,25). The number of ether oxygens (including phenoxy) is 1. The number of rotatable bonds is 6. The molecule has 1 unspecified atom stereocenters. The molecular weight excluding hydrogens is 354 g/mol. The molecule has 0 aliphatic carbocycles. The number of carbonyl (C=O) groups is 1. The number of nitrogens with zero attached hydrogens (tertiary/aromatic N) is 4. The first-order valence-electron chi connectivity index (χ1n) is 8.94. The van der Waals surface area contributed by atoms with Crippen LogP contribution in [-0.2, 0) is 17.8 Å². The van der Waals surface area contributed by atoms with E-state index in [0.717, 1.165) is 31.0 Å². The lowest BCUT2D eigenvalue weighted by Gasteiger charge is -2.33. The van der Waals surface area contributed by atoms with Gasteiger partial charge in [-0.05, 0) is 31.0 Å². The lowest BCUT2D eigenvalue weighted by Crippen LogP contribution is -2.43. The SMILES string of the molecule is CCC1CN(c2nnc(C(=O)NCc3ccc(Cl)cc3)n2CC)CCO1. The van der Waals surface area contributed by atoms with Crippen LogP contribution in [0.5, 0.6) is 0 Å². The maximum Gasteiger partial charge on any atom is 0.289 e. The van der Waals surface area contributed by atoms with E-state index in [1.807, 2.05) is 23.6 Å². The molecule has 1 aliphatic rings. The minimum Gasteiger partial charge on any atom is -0.375 e. The van der Waals surface area contributed by atoms with Crippen molar-refractivity contribution in [3.8, 4) is 0 Å². The minimum atomic E-state index is -0.235. The number of morpholine rings is 1. The van der Waals surface area contributed by atoms with Crippen molar-refractivity contribution in [3.05, 3.63) is 40.7 Å². The van der Waals surface area contributed by atoms with E-state index >= 15 is 0 Å². The average Bonchev–Trinajstić information content (AvgIpc) is 3.11. The van der Waals surface area contributed by atoms with Crippen LogP contribution in [0.3, 0.4) is 0 Å². The first kappa shape index (κ1) is 18.7. The monoisotopic (exact) mass is 377 g/mol. The van der Waals surface area contributed by atoms with Crippen LogP contribution in [0.25, 0.3) is 0 Å². The molecule has 0 saturated carbocycles. The molecule has 8 heteroatoms. The summed E-state index contributed by atoms with van der Waals surface area (Å²) in [4.78, 5) is 14.7. The van der Waals surface area contributed by atoms with Crippen LogP contribution in [0, 0.1) is 0 Å². The van der Waals surface area contributed by atoms with E-state index in [0.29, 0.717) is 30.5 Å². The third-order valence-electron chi connectivity index (χ3n) is 4.49. The third-order valence-corrected chi connectivity index (χ3v) is 4.75. The first-order chi connectivity index (χ1) is 12.6. The summed E-state index contributed by atoms with van der Waals surface area (Å²) in [5, 5.41) is 12.0. The van der Waals surface area contributed by atoms with E-state index in [2.05, 4.69) is 27.3 Å². The largest absolute Gasteiger partial charge is 0.375 e. The van der Waals surface area contributed by atoms with Gasteiger partial charge in [0, 0.05) is 31.2 Å². The van der Waals surface area contributed by atoms with E-state index in [4.69, 9.17) is 16.3 Å². The zero-order valence-corrected chi connectivity index (χ0v) is 15.9. The summed E-state index contributed by atoms with van der Waals surface area (Å²) in [6.45, 7) is 7.31. The van der Waals surface area contributed by atoms with Crippen molar-refractivity contribution in [2.24, 2.45) is 0 Å². The van der Waals surface area contributed by atoms with Crippen molar-refractivity contribution >= 4 is 23.5 Å². The van der Waals surface area contributed by atoms with Crippen molar-refractivity contribution in [1.29, 1.82) is 0 Å². The fourth-order valence-corrected chi connectivity index (χ4v) is 3.13. The maximum atomic E-state index is 12.6. The molecule has 1 amide bonds. The van der Waals surface area contributed by atoms with E-state index in [9.17, 15) is 4.79 Å². The Bertz CT molecular complexity index is 747. The third kappa shape index (κ3) is 4.16. The maximum absolute atomic E-state index is 12.6.